The van der Waals surface area contributed by atoms with Gasteiger partial charge in [0.25, 0.3) is 0 Å². The first-order valence-corrected chi connectivity index (χ1v) is 6.90. The van der Waals surface area contributed by atoms with Crippen LogP contribution >= 0.6 is 0 Å². The second-order valence-corrected chi connectivity index (χ2v) is 5.32. The Bertz CT molecular complexity index is 729. The van der Waals surface area contributed by atoms with Crippen LogP contribution in [0.25, 0.3) is 0 Å². The summed E-state index contributed by atoms with van der Waals surface area (Å²) in [6.07, 6.45) is 2.13. The number of anilines is 1. The summed E-state index contributed by atoms with van der Waals surface area (Å²) in [6.45, 7) is 2.46. The van der Waals surface area contributed by atoms with Crippen molar-refractivity contribution < 1.29 is 18.7 Å². The number of nitrogens with zero attached hydrogens (tertiary/aromatic N) is 2. The third kappa shape index (κ3) is 2.52. The zero-order valence-electron chi connectivity index (χ0n) is 11.9. The standard InChI is InChI=1S/C16H14F2N2O2/c1-9-14-8-19-15(16(21)22)4-10(14)2-3-20(9)13-6-11(17)5-12(18)7-13/h4-9H,2-3H2,1H3,(H,21,22). The first-order chi connectivity index (χ1) is 10.5. The first-order valence-electron chi connectivity index (χ1n) is 6.90. The highest BCUT2D eigenvalue weighted by molar-refractivity contribution is 5.85. The average Bonchev–Trinajstić information content (AvgIpc) is 2.46. The van der Waals surface area contributed by atoms with Crippen LogP contribution in [0.2, 0.25) is 0 Å². The van der Waals surface area contributed by atoms with Crippen LogP contribution in [0.1, 0.15) is 34.6 Å². The molecule has 0 aliphatic carbocycles. The maximum atomic E-state index is 13.4. The fraction of sp³-hybridized carbons (Fsp3) is 0.250. The van der Waals surface area contributed by atoms with Gasteiger partial charge in [0.2, 0.25) is 0 Å². The maximum Gasteiger partial charge on any atom is 0.354 e. The molecule has 1 unspecified atom stereocenters. The van der Waals surface area contributed by atoms with Gasteiger partial charge in [0.05, 0.1) is 6.04 Å². The van der Waals surface area contributed by atoms with Gasteiger partial charge in [0.1, 0.15) is 17.3 Å². The fourth-order valence-electron chi connectivity index (χ4n) is 2.88. The van der Waals surface area contributed by atoms with Crippen molar-refractivity contribution in [2.45, 2.75) is 19.4 Å². The van der Waals surface area contributed by atoms with Crippen LogP contribution in [0, 0.1) is 11.6 Å². The lowest BCUT2D eigenvalue weighted by Gasteiger charge is -2.37. The molecule has 0 spiro atoms. The van der Waals surface area contributed by atoms with E-state index in [1.807, 2.05) is 11.8 Å². The van der Waals surface area contributed by atoms with E-state index in [4.69, 9.17) is 5.11 Å². The van der Waals surface area contributed by atoms with E-state index in [0.29, 0.717) is 18.7 Å². The van der Waals surface area contributed by atoms with Crippen molar-refractivity contribution in [3.63, 3.8) is 0 Å². The summed E-state index contributed by atoms with van der Waals surface area (Å²) in [7, 11) is 0. The zero-order valence-corrected chi connectivity index (χ0v) is 11.9. The molecule has 0 radical (unpaired) electrons. The molecule has 2 aromatic rings. The highest BCUT2D eigenvalue weighted by Crippen LogP contribution is 2.33. The number of hydrogen-bond donors (Lipinski definition) is 1. The van der Waals surface area contributed by atoms with Gasteiger partial charge in [-0.25, -0.2) is 18.6 Å². The second kappa shape index (κ2) is 5.36. The number of carbonyl (C=O) groups is 1. The quantitative estimate of drug-likeness (QED) is 0.926. The Morgan fingerprint density at radius 1 is 1.27 bits per heavy atom. The second-order valence-electron chi connectivity index (χ2n) is 5.32. The summed E-state index contributed by atoms with van der Waals surface area (Å²) in [5.74, 6) is -2.30. The van der Waals surface area contributed by atoms with Crippen molar-refractivity contribution in [3.05, 3.63) is 58.9 Å². The Labute approximate surface area is 126 Å². The van der Waals surface area contributed by atoms with E-state index in [0.717, 1.165) is 17.2 Å². The van der Waals surface area contributed by atoms with Crippen molar-refractivity contribution in [2.75, 3.05) is 11.4 Å². The molecule has 1 aliphatic heterocycles. The van der Waals surface area contributed by atoms with Gasteiger partial charge in [0.15, 0.2) is 0 Å². The van der Waals surface area contributed by atoms with Crippen LogP contribution in [-0.2, 0) is 6.42 Å². The molecule has 0 amide bonds. The zero-order chi connectivity index (χ0) is 15.9. The SMILES string of the molecule is CC1c2cnc(C(=O)O)cc2CCN1c1cc(F)cc(F)c1. The maximum absolute atomic E-state index is 13.4. The number of benzene rings is 1. The van der Waals surface area contributed by atoms with Crippen molar-refractivity contribution in [3.8, 4) is 0 Å². The van der Waals surface area contributed by atoms with Crippen molar-refractivity contribution in [2.24, 2.45) is 0 Å². The molecule has 22 heavy (non-hydrogen) atoms. The smallest absolute Gasteiger partial charge is 0.354 e. The van der Waals surface area contributed by atoms with Crippen LogP contribution < -0.4 is 4.90 Å². The molecule has 0 saturated heterocycles. The largest absolute Gasteiger partial charge is 0.477 e. The Kier molecular flexibility index (Phi) is 3.52. The van der Waals surface area contributed by atoms with Crippen molar-refractivity contribution in [1.29, 1.82) is 0 Å². The van der Waals surface area contributed by atoms with Gasteiger partial charge in [-0.3, -0.25) is 0 Å². The predicted molar refractivity (Wildman–Crippen MR) is 77.0 cm³/mol. The first kappa shape index (κ1) is 14.4. The monoisotopic (exact) mass is 304 g/mol. The van der Waals surface area contributed by atoms with Crippen LogP contribution in [0.15, 0.2) is 30.5 Å². The summed E-state index contributed by atoms with van der Waals surface area (Å²) in [4.78, 5) is 16.8. The molecular formula is C16H14F2N2O2. The molecule has 0 fully saturated rings. The molecule has 1 aromatic heterocycles. The highest BCUT2D eigenvalue weighted by Gasteiger charge is 2.26. The topological polar surface area (TPSA) is 53.4 Å². The molecule has 0 bridgehead atoms. The summed E-state index contributed by atoms with van der Waals surface area (Å²) in [6, 6.07) is 4.86. The summed E-state index contributed by atoms with van der Waals surface area (Å²) >= 11 is 0. The van der Waals surface area contributed by atoms with Gasteiger partial charge in [0, 0.05) is 24.5 Å². The number of rotatable bonds is 2. The number of hydrogen-bond acceptors (Lipinski definition) is 3. The third-order valence-corrected chi connectivity index (χ3v) is 3.96. The minimum atomic E-state index is -1.06. The van der Waals surface area contributed by atoms with Crippen LogP contribution in [0.5, 0.6) is 0 Å². The van der Waals surface area contributed by atoms with Gasteiger partial charge in [-0.05, 0) is 42.7 Å². The van der Waals surface area contributed by atoms with Gasteiger partial charge in [-0.15, -0.1) is 0 Å². The summed E-state index contributed by atoms with van der Waals surface area (Å²) < 4.78 is 26.8. The number of aromatic nitrogens is 1. The Morgan fingerprint density at radius 2 is 1.95 bits per heavy atom. The van der Waals surface area contributed by atoms with Crippen molar-refractivity contribution >= 4 is 11.7 Å². The molecule has 1 N–H and O–H groups in total. The van der Waals surface area contributed by atoms with E-state index < -0.39 is 17.6 Å². The van der Waals surface area contributed by atoms with Crippen LogP contribution in [0.4, 0.5) is 14.5 Å². The van der Waals surface area contributed by atoms with E-state index in [1.54, 1.807) is 6.07 Å². The normalized spacial score (nSPS) is 17.2. The predicted octanol–water partition coefficient (Wildman–Crippen LogP) is 3.18. The number of carboxylic acid groups (broad SMARTS) is 1. The van der Waals surface area contributed by atoms with Crippen LogP contribution in [-0.4, -0.2) is 22.6 Å². The van der Waals surface area contributed by atoms with E-state index >= 15 is 0 Å². The van der Waals surface area contributed by atoms with E-state index in [2.05, 4.69) is 4.98 Å². The number of carboxylic acids is 1. The van der Waals surface area contributed by atoms with E-state index in [1.165, 1.54) is 18.3 Å². The Hall–Kier alpha value is -2.50. The third-order valence-electron chi connectivity index (χ3n) is 3.96. The molecule has 1 aromatic carbocycles. The lowest BCUT2D eigenvalue weighted by molar-refractivity contribution is 0.0690. The summed E-state index contributed by atoms with van der Waals surface area (Å²) in [5, 5.41) is 8.99. The lowest BCUT2D eigenvalue weighted by atomic mass is 9.94. The molecular weight excluding hydrogens is 290 g/mol. The van der Waals surface area contributed by atoms with Gasteiger partial charge >= 0.3 is 5.97 Å². The molecule has 0 saturated carbocycles. The minimum Gasteiger partial charge on any atom is -0.477 e. The molecule has 3 rings (SSSR count). The fourth-order valence-corrected chi connectivity index (χ4v) is 2.88. The Balaban J connectivity index is 1.97. The molecule has 114 valence electrons. The number of pyridine rings is 1. The van der Waals surface area contributed by atoms with Crippen molar-refractivity contribution in [1.82, 2.24) is 4.98 Å². The summed E-state index contributed by atoms with van der Waals surface area (Å²) in [5.41, 5.74) is 2.27. The van der Waals surface area contributed by atoms with E-state index in [-0.39, 0.29) is 11.7 Å². The highest BCUT2D eigenvalue weighted by atomic mass is 19.1. The molecule has 1 atom stereocenters. The average molecular weight is 304 g/mol. The molecule has 1 aliphatic rings. The number of fused-ring (bicyclic) bond motifs is 1. The Morgan fingerprint density at radius 3 is 2.59 bits per heavy atom. The van der Waals surface area contributed by atoms with Gasteiger partial charge in [-0.2, -0.15) is 0 Å². The van der Waals surface area contributed by atoms with Gasteiger partial charge < -0.3 is 10.0 Å². The lowest BCUT2D eigenvalue weighted by Crippen LogP contribution is -2.34. The number of aromatic carboxylic acids is 1. The molecule has 4 nitrogen and oxygen atoms in total. The minimum absolute atomic E-state index is 0.0104. The van der Waals surface area contributed by atoms with Crippen LogP contribution in [0.3, 0.4) is 0 Å². The molecule has 6 heteroatoms. The number of halogens is 2. The van der Waals surface area contributed by atoms with Gasteiger partial charge in [-0.1, -0.05) is 0 Å². The molecule has 2 heterocycles. The van der Waals surface area contributed by atoms with E-state index in [9.17, 15) is 13.6 Å².